The first kappa shape index (κ1) is 25.7. The summed E-state index contributed by atoms with van der Waals surface area (Å²) in [7, 11) is 0. The second-order valence-corrected chi connectivity index (χ2v) is 10.7. The van der Waals surface area contributed by atoms with E-state index in [1.807, 2.05) is 0 Å². The van der Waals surface area contributed by atoms with Crippen LogP contribution in [-0.2, 0) is 11.0 Å². The molecule has 0 radical (unpaired) electrons. The molecule has 192 valence electrons. The summed E-state index contributed by atoms with van der Waals surface area (Å²) in [6.07, 6.45) is 1.57. The van der Waals surface area contributed by atoms with Crippen LogP contribution in [0, 0.1) is 18.8 Å². The molecule has 0 unspecified atom stereocenters. The highest BCUT2D eigenvalue weighted by atomic mass is 19.4. The topological polar surface area (TPSA) is 80.0 Å². The zero-order valence-electron chi connectivity index (χ0n) is 20.6. The fourth-order valence-electron chi connectivity index (χ4n) is 5.27. The molecule has 1 atom stereocenters. The Morgan fingerprint density at radius 2 is 1.94 bits per heavy atom. The number of hydrogen-bond donors (Lipinski definition) is 2. The first-order chi connectivity index (χ1) is 16.6. The quantitative estimate of drug-likeness (QED) is 0.428. The highest BCUT2D eigenvalue weighted by Crippen LogP contribution is 2.48. The number of hydrogen-bond acceptors (Lipinski definition) is 4. The number of carbonyl (C=O) groups excluding carboxylic acids is 1. The van der Waals surface area contributed by atoms with E-state index in [1.54, 1.807) is 0 Å². The predicted octanol–water partition coefficient (Wildman–Crippen LogP) is 5.97. The SMILES string of the molecule is Cc1cc(C(F)(F)F)ccc1NC(=O)C[C@H](CCO)c1nnc(C2CC(CC(C)C)C2)n1C1CC1. The van der Waals surface area contributed by atoms with Crippen LogP contribution in [0.15, 0.2) is 18.2 Å². The van der Waals surface area contributed by atoms with Crippen LogP contribution in [0.2, 0.25) is 0 Å². The molecule has 1 amide bonds. The van der Waals surface area contributed by atoms with Crippen molar-refractivity contribution in [1.82, 2.24) is 14.8 Å². The summed E-state index contributed by atoms with van der Waals surface area (Å²) in [4.78, 5) is 12.9. The van der Waals surface area contributed by atoms with Crippen molar-refractivity contribution in [2.75, 3.05) is 11.9 Å². The van der Waals surface area contributed by atoms with Gasteiger partial charge in [0, 0.05) is 36.6 Å². The van der Waals surface area contributed by atoms with Gasteiger partial charge in [-0.3, -0.25) is 4.79 Å². The summed E-state index contributed by atoms with van der Waals surface area (Å²) >= 11 is 0. The van der Waals surface area contributed by atoms with E-state index >= 15 is 0 Å². The van der Waals surface area contributed by atoms with Crippen molar-refractivity contribution in [3.05, 3.63) is 41.0 Å². The Kier molecular flexibility index (Phi) is 7.54. The van der Waals surface area contributed by atoms with Gasteiger partial charge in [0.2, 0.25) is 5.91 Å². The van der Waals surface area contributed by atoms with Crippen LogP contribution in [0.4, 0.5) is 18.9 Å². The van der Waals surface area contributed by atoms with Crippen LogP contribution in [0.3, 0.4) is 0 Å². The molecule has 1 aromatic heterocycles. The Bertz CT molecular complexity index is 1040. The maximum absolute atomic E-state index is 13.0. The number of nitrogens with zero attached hydrogens (tertiary/aromatic N) is 3. The lowest BCUT2D eigenvalue weighted by Gasteiger charge is -2.36. The summed E-state index contributed by atoms with van der Waals surface area (Å²) in [5, 5.41) is 21.5. The minimum absolute atomic E-state index is 0.0759. The first-order valence-corrected chi connectivity index (χ1v) is 12.6. The van der Waals surface area contributed by atoms with Gasteiger partial charge in [-0.05, 0) is 81.0 Å². The third-order valence-electron chi connectivity index (χ3n) is 7.17. The monoisotopic (exact) mass is 492 g/mol. The lowest BCUT2D eigenvalue weighted by Crippen LogP contribution is -2.26. The predicted molar refractivity (Wildman–Crippen MR) is 127 cm³/mol. The van der Waals surface area contributed by atoms with E-state index < -0.39 is 11.7 Å². The molecule has 0 spiro atoms. The molecule has 1 aromatic carbocycles. The molecule has 2 N–H and O–H groups in total. The summed E-state index contributed by atoms with van der Waals surface area (Å²) in [6.45, 7) is 5.94. The second kappa shape index (κ2) is 10.3. The lowest BCUT2D eigenvalue weighted by molar-refractivity contribution is -0.137. The molecule has 0 saturated heterocycles. The van der Waals surface area contributed by atoms with E-state index in [4.69, 9.17) is 0 Å². The molecule has 9 heteroatoms. The normalized spacial score (nSPS) is 21.1. The first-order valence-electron chi connectivity index (χ1n) is 12.6. The van der Waals surface area contributed by atoms with Crippen LogP contribution >= 0.6 is 0 Å². The maximum atomic E-state index is 13.0. The van der Waals surface area contributed by atoms with Gasteiger partial charge < -0.3 is 15.0 Å². The third-order valence-corrected chi connectivity index (χ3v) is 7.17. The Morgan fingerprint density at radius 1 is 1.23 bits per heavy atom. The van der Waals surface area contributed by atoms with Gasteiger partial charge in [-0.1, -0.05) is 13.8 Å². The number of aromatic nitrogens is 3. The Balaban J connectivity index is 1.47. The molecule has 1 heterocycles. The van der Waals surface area contributed by atoms with Crippen molar-refractivity contribution in [3.8, 4) is 0 Å². The van der Waals surface area contributed by atoms with Crippen LogP contribution < -0.4 is 5.32 Å². The third kappa shape index (κ3) is 6.05. The van der Waals surface area contributed by atoms with Crippen LogP contribution in [0.1, 0.15) is 99.4 Å². The highest BCUT2D eigenvalue weighted by molar-refractivity contribution is 5.92. The van der Waals surface area contributed by atoms with Gasteiger partial charge in [0.05, 0.1) is 5.56 Å². The van der Waals surface area contributed by atoms with E-state index in [-0.39, 0.29) is 24.9 Å². The van der Waals surface area contributed by atoms with E-state index in [0.29, 0.717) is 35.5 Å². The molecule has 2 aromatic rings. The average Bonchev–Trinajstić information content (AvgIpc) is 3.49. The van der Waals surface area contributed by atoms with Crippen molar-refractivity contribution >= 4 is 11.6 Å². The molecule has 0 bridgehead atoms. The summed E-state index contributed by atoms with van der Waals surface area (Å²) in [6, 6.07) is 3.63. The molecule has 2 aliphatic carbocycles. The van der Waals surface area contributed by atoms with Gasteiger partial charge >= 0.3 is 6.18 Å². The minimum Gasteiger partial charge on any atom is -0.396 e. The zero-order valence-corrected chi connectivity index (χ0v) is 20.6. The molecule has 0 aliphatic heterocycles. The zero-order chi connectivity index (χ0) is 25.3. The van der Waals surface area contributed by atoms with Gasteiger partial charge in [0.1, 0.15) is 11.6 Å². The van der Waals surface area contributed by atoms with E-state index in [9.17, 15) is 23.1 Å². The van der Waals surface area contributed by atoms with Crippen molar-refractivity contribution in [2.24, 2.45) is 11.8 Å². The highest BCUT2D eigenvalue weighted by Gasteiger charge is 2.39. The molecule has 2 aliphatic rings. The Hall–Kier alpha value is -2.42. The average molecular weight is 493 g/mol. The van der Waals surface area contributed by atoms with Crippen molar-refractivity contribution in [3.63, 3.8) is 0 Å². The van der Waals surface area contributed by atoms with Crippen molar-refractivity contribution in [1.29, 1.82) is 0 Å². The molecule has 4 rings (SSSR count). The summed E-state index contributed by atoms with van der Waals surface area (Å²) in [5.41, 5.74) is -0.0557. The summed E-state index contributed by atoms with van der Waals surface area (Å²) < 4.78 is 41.1. The number of aliphatic hydroxyl groups is 1. The van der Waals surface area contributed by atoms with Crippen LogP contribution in [-0.4, -0.2) is 32.4 Å². The number of anilines is 1. The number of aliphatic hydroxyl groups excluding tert-OH is 1. The van der Waals surface area contributed by atoms with E-state index in [2.05, 4.69) is 33.9 Å². The van der Waals surface area contributed by atoms with Crippen LogP contribution in [0.25, 0.3) is 0 Å². The number of alkyl halides is 3. The van der Waals surface area contributed by atoms with E-state index in [1.165, 1.54) is 19.4 Å². The van der Waals surface area contributed by atoms with Gasteiger partial charge in [-0.2, -0.15) is 13.2 Å². The molecule has 2 fully saturated rings. The fraction of sp³-hybridized carbons (Fsp3) is 0.654. The van der Waals surface area contributed by atoms with Gasteiger partial charge in [-0.15, -0.1) is 10.2 Å². The number of nitrogens with one attached hydrogen (secondary N) is 1. The number of carbonyl (C=O) groups is 1. The molecular weight excluding hydrogens is 457 g/mol. The lowest BCUT2D eigenvalue weighted by atomic mass is 9.71. The minimum atomic E-state index is -4.43. The van der Waals surface area contributed by atoms with E-state index in [0.717, 1.165) is 55.4 Å². The summed E-state index contributed by atoms with van der Waals surface area (Å²) in [5.74, 6) is 2.89. The number of halogens is 3. The fourth-order valence-corrected chi connectivity index (χ4v) is 5.27. The number of aryl methyl sites for hydroxylation is 1. The number of rotatable bonds is 10. The number of benzene rings is 1. The molecule has 6 nitrogen and oxygen atoms in total. The Labute approximate surface area is 204 Å². The van der Waals surface area contributed by atoms with Crippen molar-refractivity contribution in [2.45, 2.75) is 89.8 Å². The van der Waals surface area contributed by atoms with Crippen molar-refractivity contribution < 1.29 is 23.1 Å². The molecule has 2 saturated carbocycles. The largest absolute Gasteiger partial charge is 0.416 e. The Morgan fingerprint density at radius 3 is 2.51 bits per heavy atom. The van der Waals surface area contributed by atoms with Gasteiger partial charge in [-0.25, -0.2) is 0 Å². The number of amides is 1. The standard InChI is InChI=1S/C26H35F3N4O2/c1-15(2)10-17-12-19(13-17)25-32-31-24(33(25)21-5-6-21)18(8-9-34)14-23(35)30-22-7-4-20(11-16(22)3)26(27,28)29/h4,7,11,15,17-19,21,34H,5-6,8-10,12-14H2,1-3H3,(H,30,35)/t17?,18-,19?/m0/s1. The molecular formula is C26H35F3N4O2. The second-order valence-electron chi connectivity index (χ2n) is 10.7. The van der Waals surface area contributed by atoms with Gasteiger partial charge in [0.25, 0.3) is 0 Å². The molecule has 35 heavy (non-hydrogen) atoms. The smallest absolute Gasteiger partial charge is 0.396 e. The van der Waals surface area contributed by atoms with Crippen LogP contribution in [0.5, 0.6) is 0 Å². The van der Waals surface area contributed by atoms with Gasteiger partial charge in [0.15, 0.2) is 0 Å². The maximum Gasteiger partial charge on any atom is 0.416 e.